The maximum Gasteiger partial charge on any atom is 0.259 e. The van der Waals surface area contributed by atoms with Crippen LogP contribution in [-0.2, 0) is 0 Å². The minimum Gasteiger partial charge on any atom is -0.493 e. The van der Waals surface area contributed by atoms with Crippen molar-refractivity contribution in [3.05, 3.63) is 70.7 Å². The van der Waals surface area contributed by atoms with E-state index in [4.69, 9.17) is 25.8 Å². The van der Waals surface area contributed by atoms with E-state index in [2.05, 4.69) is 10.6 Å². The van der Waals surface area contributed by atoms with Crippen LogP contribution in [0.5, 0.6) is 23.0 Å². The summed E-state index contributed by atoms with van der Waals surface area (Å²) in [5.41, 5.74) is 1.47. The molecule has 1 aliphatic rings. The minimum atomic E-state index is -0.407. The van der Waals surface area contributed by atoms with Crippen LogP contribution in [0.15, 0.2) is 54.6 Å². The van der Waals surface area contributed by atoms with E-state index < -0.39 is 5.91 Å². The summed E-state index contributed by atoms with van der Waals surface area (Å²) in [5.74, 6) is 0.823. The second-order valence-corrected chi connectivity index (χ2v) is 6.84. The highest BCUT2D eigenvalue weighted by Crippen LogP contribution is 2.38. The van der Waals surface area contributed by atoms with Gasteiger partial charge in [0.2, 0.25) is 0 Å². The molecule has 3 aromatic carbocycles. The molecule has 7 nitrogen and oxygen atoms in total. The third kappa shape index (κ3) is 3.62. The summed E-state index contributed by atoms with van der Waals surface area (Å²) in [7, 11) is 2.96. The van der Waals surface area contributed by atoms with Gasteiger partial charge in [-0.3, -0.25) is 9.59 Å². The van der Waals surface area contributed by atoms with Gasteiger partial charge in [0, 0.05) is 10.7 Å². The lowest BCUT2D eigenvalue weighted by Crippen LogP contribution is -2.15. The Morgan fingerprint density at radius 1 is 1.03 bits per heavy atom. The lowest BCUT2D eigenvalue weighted by Gasteiger charge is -2.13. The van der Waals surface area contributed by atoms with E-state index in [-0.39, 0.29) is 11.5 Å². The van der Waals surface area contributed by atoms with E-state index in [1.54, 1.807) is 54.6 Å². The predicted octanol–water partition coefficient (Wildman–Crippen LogP) is 4.97. The molecule has 0 radical (unpaired) electrons. The van der Waals surface area contributed by atoms with E-state index in [9.17, 15) is 9.59 Å². The average Bonchev–Trinajstić information content (AvgIpc) is 2.88. The zero-order chi connectivity index (χ0) is 21.3. The first-order valence-corrected chi connectivity index (χ1v) is 9.33. The van der Waals surface area contributed by atoms with Gasteiger partial charge >= 0.3 is 0 Å². The molecule has 0 bridgehead atoms. The Hall–Kier alpha value is -3.71. The number of hydrogen-bond acceptors (Lipinski definition) is 5. The van der Waals surface area contributed by atoms with Gasteiger partial charge in [0.15, 0.2) is 17.2 Å². The third-order valence-corrected chi connectivity index (χ3v) is 4.77. The molecule has 1 heterocycles. The summed E-state index contributed by atoms with van der Waals surface area (Å²) in [5, 5.41) is 6.02. The van der Waals surface area contributed by atoms with Crippen molar-refractivity contribution in [2.75, 3.05) is 24.9 Å². The number of anilines is 2. The summed E-state index contributed by atoms with van der Waals surface area (Å²) in [6, 6.07) is 14.8. The van der Waals surface area contributed by atoms with Crippen LogP contribution in [0.3, 0.4) is 0 Å². The summed E-state index contributed by atoms with van der Waals surface area (Å²) in [6.45, 7) is 0. The van der Waals surface area contributed by atoms with Crippen molar-refractivity contribution in [3.8, 4) is 23.0 Å². The quantitative estimate of drug-likeness (QED) is 0.617. The number of hydrogen-bond donors (Lipinski definition) is 2. The molecule has 0 aromatic heterocycles. The number of fused-ring (bicyclic) bond motifs is 2. The largest absolute Gasteiger partial charge is 0.493 e. The fraction of sp³-hybridized carbons (Fsp3) is 0.0909. The number of nitrogens with one attached hydrogen (secondary N) is 2. The molecule has 0 aliphatic carbocycles. The van der Waals surface area contributed by atoms with E-state index in [0.29, 0.717) is 45.0 Å². The molecule has 152 valence electrons. The Morgan fingerprint density at radius 3 is 2.60 bits per heavy atom. The Morgan fingerprint density at radius 2 is 1.83 bits per heavy atom. The molecule has 0 atom stereocenters. The number of ether oxygens (including phenoxy) is 3. The number of carbonyl (C=O) groups excluding carboxylic acids is 2. The van der Waals surface area contributed by atoms with Gasteiger partial charge in [-0.1, -0.05) is 17.7 Å². The van der Waals surface area contributed by atoms with Crippen molar-refractivity contribution in [2.24, 2.45) is 0 Å². The maximum absolute atomic E-state index is 12.8. The molecule has 3 aromatic rings. The standard InChI is InChI=1S/C22H17ClN2O5/c1-28-19-5-3-4-14(20(19)29-2)21(26)24-13-7-9-17-15(11-13)22(27)25-16-10-12(23)6-8-18(16)30-17/h3-11H,1-2H3,(H,24,26)(H,25,27). The first-order chi connectivity index (χ1) is 14.5. The molecule has 0 spiro atoms. The Kier molecular flexibility index (Phi) is 5.20. The topological polar surface area (TPSA) is 85.9 Å². The molecule has 2 amide bonds. The van der Waals surface area contributed by atoms with Crippen LogP contribution < -0.4 is 24.8 Å². The van der Waals surface area contributed by atoms with Crippen LogP contribution in [0.2, 0.25) is 5.02 Å². The van der Waals surface area contributed by atoms with Gasteiger partial charge in [0.25, 0.3) is 11.8 Å². The van der Waals surface area contributed by atoms with E-state index in [1.165, 1.54) is 14.2 Å². The molecule has 0 fully saturated rings. The van der Waals surface area contributed by atoms with Gasteiger partial charge in [0.05, 0.1) is 31.0 Å². The number of rotatable bonds is 4. The molecule has 8 heteroatoms. The van der Waals surface area contributed by atoms with Crippen molar-refractivity contribution in [1.82, 2.24) is 0 Å². The summed E-state index contributed by atoms with van der Waals surface area (Å²) in [6.07, 6.45) is 0. The van der Waals surface area contributed by atoms with Crippen molar-refractivity contribution in [3.63, 3.8) is 0 Å². The van der Waals surface area contributed by atoms with Crippen LogP contribution in [-0.4, -0.2) is 26.0 Å². The van der Waals surface area contributed by atoms with Gasteiger partial charge in [-0.25, -0.2) is 0 Å². The molecular formula is C22H17ClN2O5. The van der Waals surface area contributed by atoms with Gasteiger partial charge < -0.3 is 24.8 Å². The second-order valence-electron chi connectivity index (χ2n) is 6.40. The Labute approximate surface area is 177 Å². The number of amides is 2. The normalized spacial score (nSPS) is 11.9. The number of carbonyl (C=O) groups is 2. The number of halogens is 1. The van der Waals surface area contributed by atoms with Crippen LogP contribution >= 0.6 is 11.6 Å². The lowest BCUT2D eigenvalue weighted by molar-refractivity contribution is 0.101. The summed E-state index contributed by atoms with van der Waals surface area (Å²) >= 11 is 6.00. The first-order valence-electron chi connectivity index (χ1n) is 8.95. The zero-order valence-corrected chi connectivity index (χ0v) is 16.9. The maximum atomic E-state index is 12.8. The van der Waals surface area contributed by atoms with Gasteiger partial charge in [0.1, 0.15) is 5.75 Å². The van der Waals surface area contributed by atoms with E-state index >= 15 is 0 Å². The first kappa shape index (κ1) is 19.6. The van der Waals surface area contributed by atoms with Crippen LogP contribution in [0.4, 0.5) is 11.4 Å². The van der Waals surface area contributed by atoms with Crippen molar-refractivity contribution < 1.29 is 23.8 Å². The van der Waals surface area contributed by atoms with Crippen molar-refractivity contribution in [1.29, 1.82) is 0 Å². The molecule has 2 N–H and O–H groups in total. The van der Waals surface area contributed by atoms with Crippen LogP contribution in [0.25, 0.3) is 0 Å². The molecule has 1 aliphatic heterocycles. The lowest BCUT2D eigenvalue weighted by atomic mass is 10.1. The number of para-hydroxylation sites is 1. The predicted molar refractivity (Wildman–Crippen MR) is 113 cm³/mol. The number of methoxy groups -OCH3 is 2. The number of benzene rings is 3. The Bertz CT molecular complexity index is 1160. The molecular weight excluding hydrogens is 408 g/mol. The zero-order valence-electron chi connectivity index (χ0n) is 16.1. The van der Waals surface area contributed by atoms with Gasteiger partial charge in [-0.15, -0.1) is 0 Å². The third-order valence-electron chi connectivity index (χ3n) is 4.54. The van der Waals surface area contributed by atoms with Crippen LogP contribution in [0.1, 0.15) is 20.7 Å². The Balaban J connectivity index is 1.63. The molecule has 0 saturated heterocycles. The molecule has 4 rings (SSSR count). The van der Waals surface area contributed by atoms with Crippen LogP contribution in [0, 0.1) is 0 Å². The molecule has 0 saturated carbocycles. The summed E-state index contributed by atoms with van der Waals surface area (Å²) in [4.78, 5) is 25.5. The highest BCUT2D eigenvalue weighted by atomic mass is 35.5. The van der Waals surface area contributed by atoms with E-state index in [0.717, 1.165) is 0 Å². The van der Waals surface area contributed by atoms with Crippen molar-refractivity contribution in [2.45, 2.75) is 0 Å². The molecule has 30 heavy (non-hydrogen) atoms. The second kappa shape index (κ2) is 7.96. The van der Waals surface area contributed by atoms with Gasteiger partial charge in [-0.05, 0) is 48.5 Å². The van der Waals surface area contributed by atoms with Crippen molar-refractivity contribution >= 4 is 34.8 Å². The smallest absolute Gasteiger partial charge is 0.259 e. The SMILES string of the molecule is COc1cccc(C(=O)Nc2ccc3c(c2)C(=O)Nc2cc(Cl)ccc2O3)c1OC. The highest BCUT2D eigenvalue weighted by molar-refractivity contribution is 6.31. The van der Waals surface area contributed by atoms with E-state index in [1.807, 2.05) is 0 Å². The highest BCUT2D eigenvalue weighted by Gasteiger charge is 2.23. The minimum absolute atomic E-state index is 0.276. The molecule has 0 unspecified atom stereocenters. The van der Waals surface area contributed by atoms with Gasteiger partial charge in [-0.2, -0.15) is 0 Å². The summed E-state index contributed by atoms with van der Waals surface area (Å²) < 4.78 is 16.4. The average molecular weight is 425 g/mol. The fourth-order valence-corrected chi connectivity index (χ4v) is 3.31. The monoisotopic (exact) mass is 424 g/mol. The fourth-order valence-electron chi connectivity index (χ4n) is 3.14.